The van der Waals surface area contributed by atoms with Gasteiger partial charge >= 0.3 is 0 Å². The quantitative estimate of drug-likeness (QED) is 0.433. The number of hydrogen-bond acceptors (Lipinski definition) is 6. The lowest BCUT2D eigenvalue weighted by Gasteiger charge is -2.11. The standard InChI is InChI=1S/C20H21IN2O4/c1-5-25-18-11-14(7-9-17(18)24-4)20-22-19(23-27-20)13-6-8-16(15(21)10-13)26-12(2)3/h6-12H,5H2,1-4H3. The predicted molar refractivity (Wildman–Crippen MR) is 111 cm³/mol. The number of halogens is 1. The minimum absolute atomic E-state index is 0.121. The summed E-state index contributed by atoms with van der Waals surface area (Å²) >= 11 is 2.24. The van der Waals surface area contributed by atoms with E-state index in [4.69, 9.17) is 18.7 Å². The van der Waals surface area contributed by atoms with Crippen molar-refractivity contribution in [2.45, 2.75) is 26.9 Å². The van der Waals surface area contributed by atoms with E-state index < -0.39 is 0 Å². The number of benzene rings is 2. The average Bonchev–Trinajstić information content (AvgIpc) is 3.13. The molecule has 27 heavy (non-hydrogen) atoms. The van der Waals surface area contributed by atoms with Gasteiger partial charge in [0.05, 0.1) is 23.4 Å². The average molecular weight is 480 g/mol. The van der Waals surface area contributed by atoms with Gasteiger partial charge in [0.2, 0.25) is 5.82 Å². The largest absolute Gasteiger partial charge is 0.493 e. The summed E-state index contributed by atoms with van der Waals surface area (Å²) in [7, 11) is 1.61. The van der Waals surface area contributed by atoms with Gasteiger partial charge in [0.15, 0.2) is 11.5 Å². The van der Waals surface area contributed by atoms with Gasteiger partial charge in [0.25, 0.3) is 5.89 Å². The Bertz CT molecular complexity index is 924. The Balaban J connectivity index is 1.89. The van der Waals surface area contributed by atoms with Gasteiger partial charge in [-0.3, -0.25) is 0 Å². The second-order valence-corrected chi connectivity index (χ2v) is 7.20. The van der Waals surface area contributed by atoms with Crippen LogP contribution < -0.4 is 14.2 Å². The molecule has 0 aliphatic rings. The lowest BCUT2D eigenvalue weighted by atomic mass is 10.2. The maximum atomic E-state index is 5.77. The van der Waals surface area contributed by atoms with Crippen LogP contribution in [0.3, 0.4) is 0 Å². The van der Waals surface area contributed by atoms with Gasteiger partial charge in [-0.25, -0.2) is 0 Å². The SMILES string of the molecule is CCOc1cc(-c2nc(-c3ccc(OC(C)C)c(I)c3)no2)ccc1OC. The summed E-state index contributed by atoms with van der Waals surface area (Å²) in [5.41, 5.74) is 1.64. The maximum absolute atomic E-state index is 5.77. The van der Waals surface area contributed by atoms with E-state index in [-0.39, 0.29) is 6.10 Å². The van der Waals surface area contributed by atoms with Crippen LogP contribution in [-0.2, 0) is 0 Å². The predicted octanol–water partition coefficient (Wildman–Crippen LogP) is 5.20. The Kier molecular flexibility index (Phi) is 6.20. The van der Waals surface area contributed by atoms with Crippen LogP contribution in [0.15, 0.2) is 40.9 Å². The van der Waals surface area contributed by atoms with Gasteiger partial charge in [-0.05, 0) is 79.8 Å². The molecule has 0 unspecified atom stereocenters. The van der Waals surface area contributed by atoms with Crippen molar-refractivity contribution in [3.05, 3.63) is 40.0 Å². The fourth-order valence-corrected chi connectivity index (χ4v) is 3.17. The van der Waals surface area contributed by atoms with Gasteiger partial charge < -0.3 is 18.7 Å². The molecule has 1 heterocycles. The lowest BCUT2D eigenvalue weighted by molar-refractivity contribution is 0.240. The molecule has 0 amide bonds. The zero-order valence-electron chi connectivity index (χ0n) is 15.7. The van der Waals surface area contributed by atoms with Crippen molar-refractivity contribution in [3.8, 4) is 40.1 Å². The molecule has 0 saturated heterocycles. The number of hydrogen-bond donors (Lipinski definition) is 0. The fourth-order valence-electron chi connectivity index (χ4n) is 2.53. The monoisotopic (exact) mass is 480 g/mol. The molecule has 142 valence electrons. The van der Waals surface area contributed by atoms with E-state index in [1.54, 1.807) is 7.11 Å². The smallest absolute Gasteiger partial charge is 0.258 e. The second kappa shape index (κ2) is 8.60. The molecule has 3 rings (SSSR count). The molecule has 0 fully saturated rings. The van der Waals surface area contributed by atoms with Crippen LogP contribution in [0, 0.1) is 3.57 Å². The Morgan fingerprint density at radius 1 is 1.04 bits per heavy atom. The van der Waals surface area contributed by atoms with Crippen LogP contribution in [-0.4, -0.2) is 30.0 Å². The molecule has 0 bridgehead atoms. The third-order valence-corrected chi connectivity index (χ3v) is 4.53. The van der Waals surface area contributed by atoms with Crippen molar-refractivity contribution in [1.29, 1.82) is 0 Å². The highest BCUT2D eigenvalue weighted by Gasteiger charge is 2.15. The minimum Gasteiger partial charge on any atom is -0.493 e. The van der Waals surface area contributed by atoms with E-state index in [1.165, 1.54) is 0 Å². The molecule has 1 aromatic heterocycles. The van der Waals surface area contributed by atoms with E-state index in [2.05, 4.69) is 32.7 Å². The molecule has 7 heteroatoms. The van der Waals surface area contributed by atoms with E-state index in [0.717, 1.165) is 20.4 Å². The van der Waals surface area contributed by atoms with Crippen LogP contribution in [0.1, 0.15) is 20.8 Å². The van der Waals surface area contributed by atoms with Crippen molar-refractivity contribution in [2.24, 2.45) is 0 Å². The first-order valence-electron chi connectivity index (χ1n) is 8.63. The molecular formula is C20H21IN2O4. The van der Waals surface area contributed by atoms with Gasteiger partial charge in [-0.15, -0.1) is 0 Å². The summed E-state index contributed by atoms with van der Waals surface area (Å²) in [6.45, 7) is 6.46. The lowest BCUT2D eigenvalue weighted by Crippen LogP contribution is -2.06. The summed E-state index contributed by atoms with van der Waals surface area (Å²) in [6.07, 6.45) is 0.121. The summed E-state index contributed by atoms with van der Waals surface area (Å²) in [5, 5.41) is 4.11. The molecule has 3 aromatic rings. The van der Waals surface area contributed by atoms with Crippen LogP contribution in [0.4, 0.5) is 0 Å². The highest BCUT2D eigenvalue weighted by atomic mass is 127. The first kappa shape index (κ1) is 19.5. The highest BCUT2D eigenvalue weighted by Crippen LogP contribution is 2.33. The Morgan fingerprint density at radius 3 is 2.44 bits per heavy atom. The van der Waals surface area contributed by atoms with Crippen LogP contribution in [0.2, 0.25) is 0 Å². The minimum atomic E-state index is 0.121. The van der Waals surface area contributed by atoms with Crippen LogP contribution in [0.5, 0.6) is 17.2 Å². The van der Waals surface area contributed by atoms with Gasteiger partial charge in [0.1, 0.15) is 5.75 Å². The zero-order valence-corrected chi connectivity index (χ0v) is 17.8. The molecule has 0 radical (unpaired) electrons. The molecule has 0 atom stereocenters. The molecular weight excluding hydrogens is 459 g/mol. The van der Waals surface area contributed by atoms with Crippen molar-refractivity contribution >= 4 is 22.6 Å². The molecule has 6 nitrogen and oxygen atoms in total. The van der Waals surface area contributed by atoms with E-state index in [9.17, 15) is 0 Å². The fraction of sp³-hybridized carbons (Fsp3) is 0.300. The second-order valence-electron chi connectivity index (χ2n) is 6.03. The number of aromatic nitrogens is 2. The van der Waals surface area contributed by atoms with Crippen molar-refractivity contribution < 1.29 is 18.7 Å². The molecule has 0 spiro atoms. The van der Waals surface area contributed by atoms with Crippen molar-refractivity contribution in [2.75, 3.05) is 13.7 Å². The molecule has 2 aromatic carbocycles. The summed E-state index contributed by atoms with van der Waals surface area (Å²) in [4.78, 5) is 4.52. The van der Waals surface area contributed by atoms with E-state index in [0.29, 0.717) is 29.8 Å². The number of ether oxygens (including phenoxy) is 3. The van der Waals surface area contributed by atoms with Crippen molar-refractivity contribution in [3.63, 3.8) is 0 Å². The number of methoxy groups -OCH3 is 1. The summed E-state index contributed by atoms with van der Waals surface area (Å²) < 4.78 is 23.1. The van der Waals surface area contributed by atoms with E-state index in [1.807, 2.05) is 57.2 Å². The van der Waals surface area contributed by atoms with E-state index >= 15 is 0 Å². The Labute approximate surface area is 172 Å². The zero-order chi connectivity index (χ0) is 19.4. The summed E-state index contributed by atoms with van der Waals surface area (Å²) in [5.74, 6) is 3.09. The molecule has 0 N–H and O–H groups in total. The highest BCUT2D eigenvalue weighted by molar-refractivity contribution is 14.1. The summed E-state index contributed by atoms with van der Waals surface area (Å²) in [6, 6.07) is 11.4. The topological polar surface area (TPSA) is 66.6 Å². The van der Waals surface area contributed by atoms with Gasteiger partial charge in [0, 0.05) is 11.1 Å². The number of nitrogens with zero attached hydrogens (tertiary/aromatic N) is 2. The number of rotatable bonds is 7. The van der Waals surface area contributed by atoms with Crippen LogP contribution >= 0.6 is 22.6 Å². The van der Waals surface area contributed by atoms with Crippen molar-refractivity contribution in [1.82, 2.24) is 10.1 Å². The van der Waals surface area contributed by atoms with Crippen LogP contribution in [0.25, 0.3) is 22.8 Å². The van der Waals surface area contributed by atoms with Gasteiger partial charge in [-0.1, -0.05) is 5.16 Å². The molecule has 0 aliphatic carbocycles. The Morgan fingerprint density at radius 2 is 1.78 bits per heavy atom. The first-order valence-corrected chi connectivity index (χ1v) is 9.71. The van der Waals surface area contributed by atoms with Gasteiger partial charge in [-0.2, -0.15) is 4.98 Å². The third kappa shape index (κ3) is 4.52. The third-order valence-electron chi connectivity index (χ3n) is 3.69. The Hall–Kier alpha value is -2.29. The maximum Gasteiger partial charge on any atom is 0.258 e. The molecule has 0 aliphatic heterocycles. The molecule has 0 saturated carbocycles. The first-order chi connectivity index (χ1) is 13.0. The normalized spacial score (nSPS) is 10.9.